The molecule has 0 bridgehead atoms. The maximum absolute atomic E-state index is 12.5. The van der Waals surface area contributed by atoms with E-state index in [-0.39, 0.29) is 11.9 Å². The number of amides is 1. The Morgan fingerprint density at radius 1 is 0.958 bits per heavy atom. The van der Waals surface area contributed by atoms with Gasteiger partial charge in [-0.2, -0.15) is 0 Å². The predicted octanol–water partition coefficient (Wildman–Crippen LogP) is 3.91. The third-order valence-corrected chi connectivity index (χ3v) is 4.74. The molecule has 0 unspecified atom stereocenters. The molecule has 0 aromatic heterocycles. The molecule has 0 spiro atoms. The molecule has 1 amide bonds. The second-order valence-electron chi connectivity index (χ2n) is 6.50. The molecule has 0 radical (unpaired) electrons. The summed E-state index contributed by atoms with van der Waals surface area (Å²) in [4.78, 5) is 12.5. The molecule has 3 nitrogen and oxygen atoms in total. The summed E-state index contributed by atoms with van der Waals surface area (Å²) in [6.45, 7) is 0. The van der Waals surface area contributed by atoms with Crippen molar-refractivity contribution < 1.29 is 4.79 Å². The van der Waals surface area contributed by atoms with Gasteiger partial charge in [-0.15, -0.1) is 0 Å². The molecule has 0 saturated heterocycles. The van der Waals surface area contributed by atoms with Gasteiger partial charge in [0, 0.05) is 17.3 Å². The van der Waals surface area contributed by atoms with E-state index in [0.717, 1.165) is 35.7 Å². The van der Waals surface area contributed by atoms with Gasteiger partial charge < -0.3 is 11.1 Å². The number of nitrogens with one attached hydrogen (secondary N) is 1. The molecule has 1 atom stereocenters. The molecule has 24 heavy (non-hydrogen) atoms. The lowest BCUT2D eigenvalue weighted by atomic mass is 9.88. The van der Waals surface area contributed by atoms with Crippen molar-refractivity contribution in [3.05, 3.63) is 77.4 Å². The number of nitrogens with two attached hydrogens (primary N) is 1. The number of hydrogen-bond donors (Lipinski definition) is 2. The lowest BCUT2D eigenvalue weighted by Crippen LogP contribution is -2.27. The number of benzene rings is 3. The van der Waals surface area contributed by atoms with Crippen LogP contribution >= 0.6 is 0 Å². The summed E-state index contributed by atoms with van der Waals surface area (Å²) >= 11 is 0. The lowest BCUT2D eigenvalue weighted by Gasteiger charge is -2.22. The molecule has 4 rings (SSSR count). The summed E-state index contributed by atoms with van der Waals surface area (Å²) in [5.74, 6) is -0.0757. The number of hydrogen-bond acceptors (Lipinski definition) is 2. The van der Waals surface area contributed by atoms with Crippen molar-refractivity contribution >= 4 is 22.4 Å². The van der Waals surface area contributed by atoms with Gasteiger partial charge in [0.05, 0.1) is 0 Å². The minimum absolute atomic E-state index is 0.0757. The Morgan fingerprint density at radius 3 is 2.67 bits per heavy atom. The topological polar surface area (TPSA) is 55.1 Å². The van der Waals surface area contributed by atoms with Crippen LogP contribution in [0.4, 0.5) is 5.69 Å². The average Bonchev–Trinajstić information content (AvgIpc) is 2.61. The zero-order valence-corrected chi connectivity index (χ0v) is 13.5. The molecular weight excluding hydrogens is 296 g/mol. The van der Waals surface area contributed by atoms with Crippen LogP contribution in [0.15, 0.2) is 60.7 Å². The Kier molecular flexibility index (Phi) is 3.79. The van der Waals surface area contributed by atoms with Gasteiger partial charge in [-0.1, -0.05) is 36.4 Å². The fourth-order valence-electron chi connectivity index (χ4n) is 3.39. The Balaban J connectivity index is 1.57. The van der Waals surface area contributed by atoms with Crippen molar-refractivity contribution in [2.24, 2.45) is 5.73 Å². The molecule has 3 N–H and O–H groups in total. The smallest absolute Gasteiger partial charge is 0.255 e. The van der Waals surface area contributed by atoms with E-state index in [2.05, 4.69) is 17.4 Å². The Labute approximate surface area is 141 Å². The summed E-state index contributed by atoms with van der Waals surface area (Å²) in [5, 5.41) is 5.23. The summed E-state index contributed by atoms with van der Waals surface area (Å²) < 4.78 is 0. The molecule has 3 aromatic carbocycles. The monoisotopic (exact) mass is 316 g/mol. The van der Waals surface area contributed by atoms with Gasteiger partial charge in [-0.25, -0.2) is 0 Å². The number of anilines is 1. The van der Waals surface area contributed by atoms with Crippen molar-refractivity contribution in [2.45, 2.75) is 25.3 Å². The second-order valence-corrected chi connectivity index (χ2v) is 6.50. The minimum atomic E-state index is -0.0757. The van der Waals surface area contributed by atoms with E-state index < -0.39 is 0 Å². The molecule has 1 aliphatic carbocycles. The van der Waals surface area contributed by atoms with Crippen LogP contribution in [0.5, 0.6) is 0 Å². The highest BCUT2D eigenvalue weighted by Gasteiger charge is 2.16. The minimum Gasteiger partial charge on any atom is -0.327 e. The van der Waals surface area contributed by atoms with Crippen molar-refractivity contribution in [3.8, 4) is 0 Å². The third kappa shape index (κ3) is 2.91. The summed E-state index contributed by atoms with van der Waals surface area (Å²) in [7, 11) is 0. The normalized spacial score (nSPS) is 16.6. The van der Waals surface area contributed by atoms with Gasteiger partial charge in [0.25, 0.3) is 5.91 Å². The van der Waals surface area contributed by atoms with Crippen LogP contribution in [0.25, 0.3) is 10.8 Å². The maximum Gasteiger partial charge on any atom is 0.255 e. The van der Waals surface area contributed by atoms with Crippen LogP contribution in [0.3, 0.4) is 0 Å². The fourth-order valence-corrected chi connectivity index (χ4v) is 3.39. The van der Waals surface area contributed by atoms with E-state index in [1.54, 1.807) is 0 Å². The Hall–Kier alpha value is -2.65. The maximum atomic E-state index is 12.5. The van der Waals surface area contributed by atoms with Gasteiger partial charge in [0.2, 0.25) is 0 Å². The molecular formula is C21H20N2O. The first kappa shape index (κ1) is 14.9. The number of fused-ring (bicyclic) bond motifs is 2. The summed E-state index contributed by atoms with van der Waals surface area (Å²) in [6, 6.07) is 20.2. The summed E-state index contributed by atoms with van der Waals surface area (Å²) in [5.41, 5.74) is 10.1. The number of carbonyl (C=O) groups is 1. The van der Waals surface area contributed by atoms with Crippen molar-refractivity contribution in [1.82, 2.24) is 0 Å². The highest BCUT2D eigenvalue weighted by Crippen LogP contribution is 2.24. The Bertz CT molecular complexity index is 917. The quantitative estimate of drug-likeness (QED) is 0.753. The van der Waals surface area contributed by atoms with Gasteiger partial charge in [0.1, 0.15) is 0 Å². The number of rotatable bonds is 2. The molecule has 0 fully saturated rings. The largest absolute Gasteiger partial charge is 0.327 e. The van der Waals surface area contributed by atoms with E-state index >= 15 is 0 Å². The molecule has 3 aromatic rings. The fraction of sp³-hybridized carbons (Fsp3) is 0.190. The first-order valence-electron chi connectivity index (χ1n) is 8.36. The number of carbonyl (C=O) groups excluding carboxylic acids is 1. The van der Waals surface area contributed by atoms with Crippen LogP contribution in [-0.2, 0) is 12.8 Å². The van der Waals surface area contributed by atoms with Gasteiger partial charge in [-0.05, 0) is 65.4 Å². The van der Waals surface area contributed by atoms with Gasteiger partial charge >= 0.3 is 0 Å². The first-order valence-corrected chi connectivity index (χ1v) is 8.36. The van der Waals surface area contributed by atoms with Crippen LogP contribution in [0.1, 0.15) is 27.9 Å². The molecule has 0 aliphatic heterocycles. The third-order valence-electron chi connectivity index (χ3n) is 4.74. The van der Waals surface area contributed by atoms with E-state index in [4.69, 9.17) is 5.73 Å². The molecule has 3 heteroatoms. The number of aryl methyl sites for hydroxylation is 1. The molecule has 0 saturated carbocycles. The zero-order valence-electron chi connectivity index (χ0n) is 13.5. The standard InChI is InChI=1S/C21H20N2O/c22-19-9-7-17-13-20(10-8-16(17)12-19)23-21(24)18-6-5-14-3-1-2-4-15(14)11-18/h1-6,8,10-11,13,19H,7,9,12,22H2,(H,23,24)/t19-/m0/s1. The van der Waals surface area contributed by atoms with E-state index in [9.17, 15) is 4.79 Å². The van der Waals surface area contributed by atoms with E-state index in [0.29, 0.717) is 5.56 Å². The van der Waals surface area contributed by atoms with Gasteiger partial charge in [0.15, 0.2) is 0 Å². The summed E-state index contributed by atoms with van der Waals surface area (Å²) in [6.07, 6.45) is 2.92. The lowest BCUT2D eigenvalue weighted by molar-refractivity contribution is 0.102. The first-order chi connectivity index (χ1) is 11.7. The predicted molar refractivity (Wildman–Crippen MR) is 98.3 cm³/mol. The SMILES string of the molecule is N[C@H]1CCc2cc(NC(=O)c3ccc4ccccc4c3)ccc2C1. The van der Waals surface area contributed by atoms with Crippen molar-refractivity contribution in [1.29, 1.82) is 0 Å². The van der Waals surface area contributed by atoms with Gasteiger partial charge in [-0.3, -0.25) is 4.79 Å². The van der Waals surface area contributed by atoms with Crippen LogP contribution in [0, 0.1) is 0 Å². The van der Waals surface area contributed by atoms with E-state index in [1.165, 1.54) is 11.1 Å². The zero-order chi connectivity index (χ0) is 16.5. The Morgan fingerprint density at radius 2 is 1.79 bits per heavy atom. The van der Waals surface area contributed by atoms with Crippen LogP contribution in [-0.4, -0.2) is 11.9 Å². The van der Waals surface area contributed by atoms with Crippen LogP contribution in [0.2, 0.25) is 0 Å². The van der Waals surface area contributed by atoms with Crippen LogP contribution < -0.4 is 11.1 Å². The average molecular weight is 316 g/mol. The molecule has 0 heterocycles. The van der Waals surface area contributed by atoms with Crippen molar-refractivity contribution in [2.75, 3.05) is 5.32 Å². The van der Waals surface area contributed by atoms with Crippen molar-refractivity contribution in [3.63, 3.8) is 0 Å². The highest BCUT2D eigenvalue weighted by molar-refractivity contribution is 6.06. The second kappa shape index (κ2) is 6.10. The molecule has 120 valence electrons. The van der Waals surface area contributed by atoms with E-state index in [1.807, 2.05) is 48.5 Å². The molecule has 1 aliphatic rings. The highest BCUT2D eigenvalue weighted by atomic mass is 16.1.